The molecule has 0 aliphatic rings. The molecular formula is C6H7BO4. The minimum atomic E-state index is -0.454. The van der Waals surface area contributed by atoms with Crippen LogP contribution in [0.2, 0.25) is 0 Å². The van der Waals surface area contributed by atoms with E-state index in [9.17, 15) is 4.79 Å². The van der Waals surface area contributed by atoms with Crippen molar-refractivity contribution in [3.8, 4) is 5.95 Å². The first kappa shape index (κ1) is 7.88. The first-order chi connectivity index (χ1) is 5.24. The highest BCUT2D eigenvalue weighted by molar-refractivity contribution is 6.17. The highest BCUT2D eigenvalue weighted by Gasteiger charge is 2.05. The summed E-state index contributed by atoms with van der Waals surface area (Å²) < 4.78 is 9.43. The molecule has 58 valence electrons. The molecule has 0 radical (unpaired) electrons. The van der Waals surface area contributed by atoms with E-state index >= 15 is 0 Å². The predicted molar refractivity (Wildman–Crippen MR) is 38.7 cm³/mol. The summed E-state index contributed by atoms with van der Waals surface area (Å²) in [6.07, 6.45) is 0. The summed E-state index contributed by atoms with van der Waals surface area (Å²) in [5, 5.41) is 8.30. The minimum Gasteiger partial charge on any atom is -0.512 e. The highest BCUT2D eigenvalue weighted by Crippen LogP contribution is 2.15. The molecule has 0 spiro atoms. The number of ketones is 1. The molecule has 1 aromatic heterocycles. The van der Waals surface area contributed by atoms with Crippen LogP contribution in [-0.4, -0.2) is 18.5 Å². The third-order valence-corrected chi connectivity index (χ3v) is 1.14. The van der Waals surface area contributed by atoms with E-state index in [0.29, 0.717) is 0 Å². The van der Waals surface area contributed by atoms with E-state index in [4.69, 9.17) is 9.44 Å². The van der Waals surface area contributed by atoms with Crippen LogP contribution in [0.4, 0.5) is 0 Å². The highest BCUT2D eigenvalue weighted by atomic mass is 16.6. The van der Waals surface area contributed by atoms with Crippen LogP contribution in [0.1, 0.15) is 17.5 Å². The molecule has 0 bridgehead atoms. The number of rotatable bonds is 3. The lowest BCUT2D eigenvalue weighted by Crippen LogP contribution is -1.98. The largest absolute Gasteiger partial charge is 0.512 e. The second kappa shape index (κ2) is 3.25. The Hall–Kier alpha value is -1.23. The van der Waals surface area contributed by atoms with Crippen molar-refractivity contribution in [2.75, 3.05) is 0 Å². The maximum absolute atomic E-state index is 10.7. The Balaban J connectivity index is 2.73. The Morgan fingerprint density at radius 1 is 1.73 bits per heavy atom. The van der Waals surface area contributed by atoms with Gasteiger partial charge in [-0.05, 0) is 6.07 Å². The average molecular weight is 154 g/mol. The molecule has 0 atom stereocenters. The van der Waals surface area contributed by atoms with Crippen molar-refractivity contribution in [2.45, 2.75) is 6.92 Å². The Morgan fingerprint density at radius 3 is 2.91 bits per heavy atom. The molecule has 1 aromatic rings. The Morgan fingerprint density at radius 2 is 2.45 bits per heavy atom. The lowest BCUT2D eigenvalue weighted by Gasteiger charge is -1.92. The zero-order chi connectivity index (χ0) is 8.27. The maximum Gasteiger partial charge on any atom is 0.506 e. The van der Waals surface area contributed by atoms with Crippen LogP contribution in [0, 0.1) is 0 Å². The van der Waals surface area contributed by atoms with Gasteiger partial charge in [0.1, 0.15) is 0 Å². The van der Waals surface area contributed by atoms with Crippen molar-refractivity contribution in [3.63, 3.8) is 0 Å². The van der Waals surface area contributed by atoms with Gasteiger partial charge in [0.25, 0.3) is 5.95 Å². The fourth-order valence-electron chi connectivity index (χ4n) is 0.651. The van der Waals surface area contributed by atoms with E-state index in [1.54, 1.807) is 0 Å². The van der Waals surface area contributed by atoms with Gasteiger partial charge in [0, 0.05) is 13.0 Å². The van der Waals surface area contributed by atoms with Crippen molar-refractivity contribution < 1.29 is 18.9 Å². The quantitative estimate of drug-likeness (QED) is 0.496. The molecule has 0 aliphatic carbocycles. The predicted octanol–water partition coefficient (Wildman–Crippen LogP) is 0.120. The van der Waals surface area contributed by atoms with Gasteiger partial charge in [-0.1, -0.05) is 0 Å². The number of furan rings is 1. The standard InChI is InChI=1S/C6H7BO4/c1-4(8)5-2-3-6(10-5)11-7-9/h2-3,7,9H,1H3. The molecule has 1 rings (SSSR count). The third-order valence-electron chi connectivity index (χ3n) is 1.14. The summed E-state index contributed by atoms with van der Waals surface area (Å²) in [6.45, 7) is 1.39. The van der Waals surface area contributed by atoms with Crippen LogP contribution in [0.25, 0.3) is 0 Å². The normalized spacial score (nSPS) is 9.27. The van der Waals surface area contributed by atoms with E-state index in [2.05, 4.69) is 4.65 Å². The van der Waals surface area contributed by atoms with E-state index in [1.807, 2.05) is 0 Å². The van der Waals surface area contributed by atoms with Gasteiger partial charge in [-0.3, -0.25) is 4.79 Å². The number of Topliss-reactive ketones (excluding diaryl/α,β-unsaturated/α-hetero) is 1. The smallest absolute Gasteiger partial charge is 0.506 e. The van der Waals surface area contributed by atoms with E-state index in [1.165, 1.54) is 19.1 Å². The van der Waals surface area contributed by atoms with Crippen LogP contribution in [0.15, 0.2) is 16.5 Å². The second-order valence-corrected chi connectivity index (χ2v) is 1.95. The number of carbonyl (C=O) groups excluding carboxylic acids is 1. The topological polar surface area (TPSA) is 59.7 Å². The van der Waals surface area contributed by atoms with Gasteiger partial charge in [0.2, 0.25) is 0 Å². The molecule has 0 aromatic carbocycles. The Kier molecular flexibility index (Phi) is 2.33. The lowest BCUT2D eigenvalue weighted by molar-refractivity contribution is 0.0983. The summed E-state index contributed by atoms with van der Waals surface area (Å²) in [7, 11) is -0.454. The minimum absolute atomic E-state index is 0.151. The molecule has 0 fully saturated rings. The van der Waals surface area contributed by atoms with Gasteiger partial charge in [0.05, 0.1) is 0 Å². The summed E-state index contributed by atoms with van der Waals surface area (Å²) in [5.74, 6) is 0.212. The molecule has 1 heterocycles. The van der Waals surface area contributed by atoms with Crippen LogP contribution in [0.5, 0.6) is 5.95 Å². The molecular weight excluding hydrogens is 147 g/mol. The summed E-state index contributed by atoms with van der Waals surface area (Å²) in [5.41, 5.74) is 0. The van der Waals surface area contributed by atoms with Crippen molar-refractivity contribution in [3.05, 3.63) is 17.9 Å². The summed E-state index contributed by atoms with van der Waals surface area (Å²) >= 11 is 0. The maximum atomic E-state index is 10.7. The number of carbonyl (C=O) groups is 1. The molecule has 0 saturated carbocycles. The first-order valence-corrected chi connectivity index (χ1v) is 3.08. The number of hydrogen-bond acceptors (Lipinski definition) is 4. The van der Waals surface area contributed by atoms with Crippen LogP contribution >= 0.6 is 0 Å². The van der Waals surface area contributed by atoms with Crippen molar-refractivity contribution in [1.29, 1.82) is 0 Å². The molecule has 0 aliphatic heterocycles. The molecule has 0 unspecified atom stereocenters. The van der Waals surface area contributed by atoms with Crippen molar-refractivity contribution in [2.24, 2.45) is 0 Å². The molecule has 5 heteroatoms. The Labute approximate surface area is 64.1 Å². The molecule has 4 nitrogen and oxygen atoms in total. The Bertz CT molecular complexity index is 255. The monoisotopic (exact) mass is 154 g/mol. The van der Waals surface area contributed by atoms with Gasteiger partial charge in [-0.2, -0.15) is 0 Å². The summed E-state index contributed by atoms with van der Waals surface area (Å²) in [4.78, 5) is 10.7. The van der Waals surface area contributed by atoms with Crippen LogP contribution in [0.3, 0.4) is 0 Å². The van der Waals surface area contributed by atoms with E-state index < -0.39 is 7.69 Å². The average Bonchev–Trinajstić information content (AvgIpc) is 2.37. The second-order valence-electron chi connectivity index (χ2n) is 1.95. The molecule has 1 N–H and O–H groups in total. The van der Waals surface area contributed by atoms with Crippen LogP contribution in [-0.2, 0) is 0 Å². The van der Waals surface area contributed by atoms with Gasteiger partial charge < -0.3 is 14.1 Å². The zero-order valence-corrected chi connectivity index (χ0v) is 6.03. The van der Waals surface area contributed by atoms with E-state index in [-0.39, 0.29) is 17.5 Å². The lowest BCUT2D eigenvalue weighted by atomic mass is 10.3. The fraction of sp³-hybridized carbons (Fsp3) is 0.167. The first-order valence-electron chi connectivity index (χ1n) is 3.08. The zero-order valence-electron chi connectivity index (χ0n) is 6.03. The van der Waals surface area contributed by atoms with Gasteiger partial charge in [0.15, 0.2) is 11.5 Å². The third kappa shape index (κ3) is 1.85. The van der Waals surface area contributed by atoms with Gasteiger partial charge >= 0.3 is 7.69 Å². The summed E-state index contributed by atoms with van der Waals surface area (Å²) in [6, 6.07) is 2.97. The molecule has 0 amide bonds. The number of hydrogen-bond donors (Lipinski definition) is 1. The van der Waals surface area contributed by atoms with Crippen LogP contribution < -0.4 is 4.65 Å². The van der Waals surface area contributed by atoms with Gasteiger partial charge in [-0.25, -0.2) is 0 Å². The van der Waals surface area contributed by atoms with Crippen molar-refractivity contribution >= 4 is 13.5 Å². The van der Waals surface area contributed by atoms with Crippen molar-refractivity contribution in [1.82, 2.24) is 0 Å². The van der Waals surface area contributed by atoms with Gasteiger partial charge in [-0.15, -0.1) is 0 Å². The molecule has 0 saturated heterocycles. The van der Waals surface area contributed by atoms with E-state index in [0.717, 1.165) is 0 Å². The SMILES string of the molecule is CC(=O)c1ccc(OBO)o1. The molecule has 11 heavy (non-hydrogen) atoms. The fourth-order valence-corrected chi connectivity index (χ4v) is 0.651.